The Labute approximate surface area is 146 Å². The summed E-state index contributed by atoms with van der Waals surface area (Å²) in [4.78, 5) is 30.8. The topological polar surface area (TPSA) is 90.0 Å². The zero-order valence-electron chi connectivity index (χ0n) is 13.7. The van der Waals surface area contributed by atoms with Crippen molar-refractivity contribution in [1.82, 2.24) is 14.7 Å². The molecule has 0 bridgehead atoms. The second kappa shape index (κ2) is 6.40. The first-order valence-corrected chi connectivity index (χ1v) is 8.99. The van der Waals surface area contributed by atoms with Crippen LogP contribution in [0.4, 0.5) is 5.88 Å². The van der Waals surface area contributed by atoms with Gasteiger partial charge in [0.2, 0.25) is 11.8 Å². The van der Waals surface area contributed by atoms with Gasteiger partial charge < -0.3 is 4.52 Å². The van der Waals surface area contributed by atoms with E-state index < -0.39 is 0 Å². The largest absolute Gasteiger partial charge is 0.338 e. The van der Waals surface area contributed by atoms with Gasteiger partial charge in [0.25, 0.3) is 5.56 Å². The summed E-state index contributed by atoms with van der Waals surface area (Å²) >= 11 is 2.70. The monoisotopic (exact) mass is 364 g/mol. The normalized spacial score (nSPS) is 11.2. The Balaban J connectivity index is 1.79. The second-order valence-corrected chi connectivity index (χ2v) is 7.54. The summed E-state index contributed by atoms with van der Waals surface area (Å²) in [6, 6.07) is 1.64. The number of aryl methyl sites for hydroxylation is 3. The zero-order chi connectivity index (χ0) is 17.4. The smallest absolute Gasteiger partial charge is 0.262 e. The minimum atomic E-state index is -0.246. The maximum Gasteiger partial charge on any atom is 0.262 e. The molecule has 0 aromatic carbocycles. The number of fused-ring (bicyclic) bond motifs is 1. The number of thioether (sulfide) groups is 1. The lowest BCUT2D eigenvalue weighted by molar-refractivity contribution is -0.113. The average Bonchev–Trinajstić information content (AvgIpc) is 3.05. The van der Waals surface area contributed by atoms with Gasteiger partial charge in [0.05, 0.1) is 16.8 Å². The van der Waals surface area contributed by atoms with Crippen molar-refractivity contribution in [2.75, 3.05) is 11.1 Å². The van der Waals surface area contributed by atoms with Crippen LogP contribution < -0.4 is 10.9 Å². The fraction of sp³-hybridized carbons (Fsp3) is 0.333. The minimum absolute atomic E-state index is 0.0874. The standard InChI is InChI=1S/C15H16N4O3S2/c1-7-5-11(22-18-7)16-10(20)6-23-15-17-13-12(14(21)19(15)4)8(2)9(3)24-13/h5H,6H2,1-4H3,(H,16,20). The van der Waals surface area contributed by atoms with Crippen LogP contribution >= 0.6 is 23.1 Å². The van der Waals surface area contributed by atoms with Crippen molar-refractivity contribution < 1.29 is 9.32 Å². The molecule has 9 heteroatoms. The molecule has 0 radical (unpaired) electrons. The molecule has 0 fully saturated rings. The van der Waals surface area contributed by atoms with Crippen molar-refractivity contribution in [3.05, 3.63) is 32.6 Å². The maximum atomic E-state index is 12.5. The molecule has 1 N–H and O–H groups in total. The lowest BCUT2D eigenvalue weighted by Crippen LogP contribution is -2.21. The van der Waals surface area contributed by atoms with Crippen LogP contribution in [-0.4, -0.2) is 26.4 Å². The van der Waals surface area contributed by atoms with Crippen LogP contribution in [0.25, 0.3) is 10.2 Å². The van der Waals surface area contributed by atoms with Gasteiger partial charge in [0.1, 0.15) is 4.83 Å². The lowest BCUT2D eigenvalue weighted by atomic mass is 10.2. The van der Waals surface area contributed by atoms with Crippen molar-refractivity contribution in [3.8, 4) is 0 Å². The highest BCUT2D eigenvalue weighted by Crippen LogP contribution is 2.28. The summed E-state index contributed by atoms with van der Waals surface area (Å²) in [5.74, 6) is 0.179. The summed E-state index contributed by atoms with van der Waals surface area (Å²) in [6.07, 6.45) is 0. The number of nitrogens with one attached hydrogen (secondary N) is 1. The van der Waals surface area contributed by atoms with E-state index in [0.29, 0.717) is 27.0 Å². The zero-order valence-corrected chi connectivity index (χ0v) is 15.3. The van der Waals surface area contributed by atoms with Gasteiger partial charge in [-0.1, -0.05) is 16.9 Å². The molecule has 0 saturated carbocycles. The van der Waals surface area contributed by atoms with Crippen molar-refractivity contribution >= 4 is 45.1 Å². The van der Waals surface area contributed by atoms with E-state index in [9.17, 15) is 9.59 Å². The van der Waals surface area contributed by atoms with Crippen molar-refractivity contribution in [1.29, 1.82) is 0 Å². The predicted octanol–water partition coefficient (Wildman–Crippen LogP) is 2.64. The van der Waals surface area contributed by atoms with E-state index in [4.69, 9.17) is 4.52 Å². The first-order chi connectivity index (χ1) is 11.4. The second-order valence-electron chi connectivity index (χ2n) is 5.39. The highest BCUT2D eigenvalue weighted by atomic mass is 32.2. The number of aromatic nitrogens is 3. The van der Waals surface area contributed by atoms with E-state index in [1.54, 1.807) is 20.0 Å². The van der Waals surface area contributed by atoms with E-state index in [1.165, 1.54) is 27.7 Å². The van der Waals surface area contributed by atoms with E-state index in [0.717, 1.165) is 10.4 Å². The number of amides is 1. The third-order valence-corrected chi connectivity index (χ3v) is 5.72. The summed E-state index contributed by atoms with van der Waals surface area (Å²) in [5.41, 5.74) is 1.57. The molecule has 3 heterocycles. The highest BCUT2D eigenvalue weighted by molar-refractivity contribution is 7.99. The molecule has 24 heavy (non-hydrogen) atoms. The Bertz CT molecular complexity index is 987. The molecule has 3 aromatic heterocycles. The molecule has 3 rings (SSSR count). The number of thiophene rings is 1. The lowest BCUT2D eigenvalue weighted by Gasteiger charge is -2.07. The first-order valence-electron chi connectivity index (χ1n) is 7.19. The van der Waals surface area contributed by atoms with Crippen LogP contribution in [0.3, 0.4) is 0 Å². The van der Waals surface area contributed by atoms with E-state index >= 15 is 0 Å². The molecule has 0 unspecified atom stereocenters. The highest BCUT2D eigenvalue weighted by Gasteiger charge is 2.16. The molecule has 126 valence electrons. The third-order valence-electron chi connectivity index (χ3n) is 3.59. The predicted molar refractivity (Wildman–Crippen MR) is 94.9 cm³/mol. The minimum Gasteiger partial charge on any atom is -0.338 e. The molecule has 0 saturated heterocycles. The Kier molecular flexibility index (Phi) is 4.46. The van der Waals surface area contributed by atoms with Gasteiger partial charge in [-0.3, -0.25) is 19.5 Å². The van der Waals surface area contributed by atoms with Crippen LogP contribution in [-0.2, 0) is 11.8 Å². The van der Waals surface area contributed by atoms with Gasteiger partial charge in [0, 0.05) is 18.0 Å². The molecular formula is C15H16N4O3S2. The summed E-state index contributed by atoms with van der Waals surface area (Å²) in [5, 5.41) is 7.49. The maximum absolute atomic E-state index is 12.5. The SMILES string of the molecule is Cc1cc(NC(=O)CSc2nc3sc(C)c(C)c3c(=O)n2C)on1. The van der Waals surface area contributed by atoms with E-state index in [-0.39, 0.29) is 17.2 Å². The molecule has 1 amide bonds. The molecular weight excluding hydrogens is 348 g/mol. The van der Waals surface area contributed by atoms with Crippen LogP contribution in [0.15, 0.2) is 20.5 Å². The van der Waals surface area contributed by atoms with Crippen molar-refractivity contribution in [3.63, 3.8) is 0 Å². The number of nitrogens with zero attached hydrogens (tertiary/aromatic N) is 3. The Morgan fingerprint density at radius 3 is 2.83 bits per heavy atom. The number of hydrogen-bond donors (Lipinski definition) is 1. The summed E-state index contributed by atoms with van der Waals surface area (Å²) in [7, 11) is 1.67. The number of hydrogen-bond acceptors (Lipinski definition) is 7. The fourth-order valence-corrected chi connectivity index (χ4v) is 4.05. The van der Waals surface area contributed by atoms with Gasteiger partial charge in [-0.05, 0) is 26.3 Å². The summed E-state index contributed by atoms with van der Waals surface area (Å²) in [6.45, 7) is 5.67. The molecule has 0 atom stereocenters. The Hall–Kier alpha value is -2.13. The van der Waals surface area contributed by atoms with E-state index in [2.05, 4.69) is 15.5 Å². The van der Waals surface area contributed by atoms with Gasteiger partial charge in [-0.25, -0.2) is 4.98 Å². The quantitative estimate of drug-likeness (QED) is 0.565. The molecule has 7 nitrogen and oxygen atoms in total. The average molecular weight is 364 g/mol. The number of rotatable bonds is 4. The summed E-state index contributed by atoms with van der Waals surface area (Å²) < 4.78 is 6.43. The van der Waals surface area contributed by atoms with Crippen LogP contribution in [0.2, 0.25) is 0 Å². The Morgan fingerprint density at radius 1 is 1.42 bits per heavy atom. The van der Waals surface area contributed by atoms with E-state index in [1.807, 2.05) is 13.8 Å². The molecule has 0 aliphatic heterocycles. The molecule has 0 spiro atoms. The molecule has 0 aliphatic carbocycles. The molecule has 0 aliphatic rings. The van der Waals surface area contributed by atoms with Gasteiger partial charge >= 0.3 is 0 Å². The van der Waals surface area contributed by atoms with Gasteiger partial charge in [-0.15, -0.1) is 11.3 Å². The number of anilines is 1. The van der Waals surface area contributed by atoms with Crippen LogP contribution in [0, 0.1) is 20.8 Å². The Morgan fingerprint density at radius 2 is 2.17 bits per heavy atom. The first kappa shape index (κ1) is 16.7. The van der Waals surface area contributed by atoms with Crippen LogP contribution in [0.1, 0.15) is 16.1 Å². The number of carbonyl (C=O) groups excluding carboxylic acids is 1. The van der Waals surface area contributed by atoms with Crippen LogP contribution in [0.5, 0.6) is 0 Å². The van der Waals surface area contributed by atoms with Crippen molar-refractivity contribution in [2.24, 2.45) is 7.05 Å². The molecule has 3 aromatic rings. The van der Waals surface area contributed by atoms with Crippen molar-refractivity contribution in [2.45, 2.75) is 25.9 Å². The fourth-order valence-electron chi connectivity index (χ4n) is 2.21. The third kappa shape index (κ3) is 3.09. The van der Waals surface area contributed by atoms with Gasteiger partial charge in [-0.2, -0.15) is 0 Å². The number of carbonyl (C=O) groups is 1. The van der Waals surface area contributed by atoms with Gasteiger partial charge in [0.15, 0.2) is 5.16 Å².